The standard InChI is InChI=1S/C12H23N3O2/c1-8(2)6-10(13)12(17)15-5-3-4-9(7-15)11(14)16/h8-10H,3-7,13H2,1-2H3,(H2,14,16)/t9?,10-/m1/s1. The van der Waals surface area contributed by atoms with Crippen molar-refractivity contribution in [3.05, 3.63) is 0 Å². The molecule has 1 fully saturated rings. The average molecular weight is 241 g/mol. The minimum atomic E-state index is -0.457. The van der Waals surface area contributed by atoms with Crippen molar-refractivity contribution in [2.24, 2.45) is 23.3 Å². The van der Waals surface area contributed by atoms with Crippen LogP contribution in [0, 0.1) is 11.8 Å². The Morgan fingerprint density at radius 1 is 1.41 bits per heavy atom. The number of likely N-dealkylation sites (tertiary alicyclic amines) is 1. The molecule has 0 saturated carbocycles. The van der Waals surface area contributed by atoms with Gasteiger partial charge in [0.1, 0.15) is 0 Å². The summed E-state index contributed by atoms with van der Waals surface area (Å²) >= 11 is 0. The Hall–Kier alpha value is -1.10. The van der Waals surface area contributed by atoms with Gasteiger partial charge in [-0.2, -0.15) is 0 Å². The molecule has 0 spiro atoms. The quantitative estimate of drug-likeness (QED) is 0.730. The first-order valence-electron chi connectivity index (χ1n) is 6.25. The average Bonchev–Trinajstić information content (AvgIpc) is 2.27. The van der Waals surface area contributed by atoms with Crippen molar-refractivity contribution in [3.8, 4) is 0 Å². The molecule has 1 saturated heterocycles. The number of carbonyl (C=O) groups is 2. The van der Waals surface area contributed by atoms with Crippen molar-refractivity contribution in [1.82, 2.24) is 4.90 Å². The molecule has 5 nitrogen and oxygen atoms in total. The predicted molar refractivity (Wildman–Crippen MR) is 65.9 cm³/mol. The van der Waals surface area contributed by atoms with Crippen LogP contribution in [0.3, 0.4) is 0 Å². The molecular weight excluding hydrogens is 218 g/mol. The number of nitrogens with zero attached hydrogens (tertiary/aromatic N) is 1. The number of carbonyl (C=O) groups excluding carboxylic acids is 2. The van der Waals surface area contributed by atoms with E-state index in [1.165, 1.54) is 0 Å². The largest absolute Gasteiger partial charge is 0.369 e. The second kappa shape index (κ2) is 6.00. The zero-order valence-corrected chi connectivity index (χ0v) is 10.7. The van der Waals surface area contributed by atoms with Gasteiger partial charge in [-0.3, -0.25) is 9.59 Å². The number of nitrogens with two attached hydrogens (primary N) is 2. The number of rotatable bonds is 4. The van der Waals surface area contributed by atoms with Gasteiger partial charge in [-0.05, 0) is 25.2 Å². The highest BCUT2D eigenvalue weighted by Gasteiger charge is 2.29. The number of hydrogen-bond donors (Lipinski definition) is 2. The summed E-state index contributed by atoms with van der Waals surface area (Å²) in [4.78, 5) is 24.9. The zero-order valence-electron chi connectivity index (χ0n) is 10.7. The maximum Gasteiger partial charge on any atom is 0.239 e. The molecule has 98 valence electrons. The van der Waals surface area contributed by atoms with Crippen molar-refractivity contribution in [2.75, 3.05) is 13.1 Å². The van der Waals surface area contributed by atoms with Crippen molar-refractivity contribution in [3.63, 3.8) is 0 Å². The first-order valence-corrected chi connectivity index (χ1v) is 6.25. The Morgan fingerprint density at radius 3 is 2.59 bits per heavy atom. The fraction of sp³-hybridized carbons (Fsp3) is 0.833. The minimum Gasteiger partial charge on any atom is -0.369 e. The first-order chi connectivity index (χ1) is 7.91. The molecule has 17 heavy (non-hydrogen) atoms. The third-order valence-electron chi connectivity index (χ3n) is 3.18. The predicted octanol–water partition coefficient (Wildman–Crippen LogP) is 0.0837. The molecule has 1 aliphatic heterocycles. The van der Waals surface area contributed by atoms with Crippen LogP contribution in [0.25, 0.3) is 0 Å². The Morgan fingerprint density at radius 2 is 2.06 bits per heavy atom. The molecule has 5 heteroatoms. The van der Waals surface area contributed by atoms with Crippen LogP contribution in [0.5, 0.6) is 0 Å². The number of hydrogen-bond acceptors (Lipinski definition) is 3. The van der Waals surface area contributed by atoms with Gasteiger partial charge >= 0.3 is 0 Å². The summed E-state index contributed by atoms with van der Waals surface area (Å²) in [5, 5.41) is 0. The van der Waals surface area contributed by atoms with Gasteiger partial charge in [-0.25, -0.2) is 0 Å². The Balaban J connectivity index is 2.54. The van der Waals surface area contributed by atoms with E-state index in [4.69, 9.17) is 11.5 Å². The molecule has 0 aromatic carbocycles. The summed E-state index contributed by atoms with van der Waals surface area (Å²) in [6, 6.07) is -0.457. The van der Waals surface area contributed by atoms with E-state index in [-0.39, 0.29) is 17.7 Å². The molecular formula is C12H23N3O2. The van der Waals surface area contributed by atoms with Crippen molar-refractivity contribution >= 4 is 11.8 Å². The van der Waals surface area contributed by atoms with Gasteiger partial charge in [0, 0.05) is 13.1 Å². The van der Waals surface area contributed by atoms with Crippen LogP contribution in [0.1, 0.15) is 33.1 Å². The molecule has 0 aliphatic carbocycles. The van der Waals surface area contributed by atoms with E-state index in [9.17, 15) is 9.59 Å². The van der Waals surface area contributed by atoms with Gasteiger partial charge in [0.2, 0.25) is 11.8 Å². The lowest BCUT2D eigenvalue weighted by Gasteiger charge is -2.33. The summed E-state index contributed by atoms with van der Waals surface area (Å²) in [5.74, 6) is -0.186. The number of piperidine rings is 1. The van der Waals surface area contributed by atoms with E-state index in [0.717, 1.165) is 12.8 Å². The van der Waals surface area contributed by atoms with E-state index in [1.54, 1.807) is 4.90 Å². The molecule has 1 rings (SSSR count). The lowest BCUT2D eigenvalue weighted by Crippen LogP contribution is -2.50. The zero-order chi connectivity index (χ0) is 13.0. The number of amides is 2. The smallest absolute Gasteiger partial charge is 0.239 e. The van der Waals surface area contributed by atoms with Gasteiger partial charge < -0.3 is 16.4 Å². The van der Waals surface area contributed by atoms with E-state index in [1.807, 2.05) is 13.8 Å². The first kappa shape index (κ1) is 14.0. The molecule has 0 aromatic heterocycles. The Labute approximate surface area is 103 Å². The monoisotopic (exact) mass is 241 g/mol. The summed E-state index contributed by atoms with van der Waals surface area (Å²) in [5.41, 5.74) is 11.1. The summed E-state index contributed by atoms with van der Waals surface area (Å²) in [7, 11) is 0. The van der Waals surface area contributed by atoms with Crippen LogP contribution in [0.2, 0.25) is 0 Å². The third-order valence-corrected chi connectivity index (χ3v) is 3.18. The van der Waals surface area contributed by atoms with E-state index >= 15 is 0 Å². The summed E-state index contributed by atoms with van der Waals surface area (Å²) in [6.45, 7) is 5.19. The lowest BCUT2D eigenvalue weighted by molar-refractivity contribution is -0.136. The van der Waals surface area contributed by atoms with Crippen LogP contribution in [-0.4, -0.2) is 35.8 Å². The van der Waals surface area contributed by atoms with Gasteiger partial charge in [0.15, 0.2) is 0 Å². The number of primary amides is 1. The second-order valence-corrected chi connectivity index (χ2v) is 5.26. The summed E-state index contributed by atoms with van der Waals surface area (Å²) < 4.78 is 0. The SMILES string of the molecule is CC(C)C[C@@H](N)C(=O)N1CCCC(C(N)=O)C1. The van der Waals surface area contributed by atoms with Crippen molar-refractivity contribution in [1.29, 1.82) is 0 Å². The van der Waals surface area contributed by atoms with Crippen LogP contribution < -0.4 is 11.5 Å². The second-order valence-electron chi connectivity index (χ2n) is 5.26. The van der Waals surface area contributed by atoms with Crippen LogP contribution in [-0.2, 0) is 9.59 Å². The minimum absolute atomic E-state index is 0.0512. The highest BCUT2D eigenvalue weighted by Crippen LogP contribution is 2.17. The van der Waals surface area contributed by atoms with E-state index in [0.29, 0.717) is 25.4 Å². The highest BCUT2D eigenvalue weighted by molar-refractivity contribution is 5.83. The molecule has 2 amide bonds. The Kier molecular flexibility index (Phi) is 4.93. The lowest BCUT2D eigenvalue weighted by atomic mass is 9.96. The maximum atomic E-state index is 12.1. The van der Waals surface area contributed by atoms with Gasteiger partial charge in [0.25, 0.3) is 0 Å². The topological polar surface area (TPSA) is 89.4 Å². The molecule has 0 aromatic rings. The fourth-order valence-corrected chi connectivity index (χ4v) is 2.25. The van der Waals surface area contributed by atoms with Crippen molar-refractivity contribution in [2.45, 2.75) is 39.2 Å². The molecule has 1 heterocycles. The van der Waals surface area contributed by atoms with E-state index in [2.05, 4.69) is 0 Å². The summed E-state index contributed by atoms with van der Waals surface area (Å²) in [6.07, 6.45) is 2.28. The molecule has 1 aliphatic rings. The molecule has 2 atom stereocenters. The van der Waals surface area contributed by atoms with Crippen molar-refractivity contribution < 1.29 is 9.59 Å². The van der Waals surface area contributed by atoms with Gasteiger partial charge in [-0.1, -0.05) is 13.8 Å². The van der Waals surface area contributed by atoms with Crippen LogP contribution in [0.4, 0.5) is 0 Å². The maximum absolute atomic E-state index is 12.1. The third kappa shape index (κ3) is 4.00. The highest BCUT2D eigenvalue weighted by atomic mass is 16.2. The molecule has 0 bridgehead atoms. The molecule has 0 radical (unpaired) electrons. The van der Waals surface area contributed by atoms with Gasteiger partial charge in [-0.15, -0.1) is 0 Å². The molecule has 4 N–H and O–H groups in total. The normalized spacial score (nSPS) is 22.6. The van der Waals surface area contributed by atoms with Crippen LogP contribution in [0.15, 0.2) is 0 Å². The Bertz CT molecular complexity index is 291. The van der Waals surface area contributed by atoms with Crippen LogP contribution >= 0.6 is 0 Å². The fourth-order valence-electron chi connectivity index (χ4n) is 2.25. The van der Waals surface area contributed by atoms with Gasteiger partial charge in [0.05, 0.1) is 12.0 Å². The molecule has 1 unspecified atom stereocenters. The van der Waals surface area contributed by atoms with E-state index < -0.39 is 6.04 Å².